The molecule has 1 nitrogen and oxygen atoms in total. The molecule has 0 saturated heterocycles. The van der Waals surface area contributed by atoms with Gasteiger partial charge in [-0.25, -0.2) is 0 Å². The third-order valence-electron chi connectivity index (χ3n) is 9.20. The van der Waals surface area contributed by atoms with Gasteiger partial charge in [-0.05, 0) is 58.7 Å². The highest BCUT2D eigenvalue weighted by molar-refractivity contribution is 7.27. The first kappa shape index (κ1) is 25.1. The van der Waals surface area contributed by atoms with Gasteiger partial charge in [0.25, 0.3) is 0 Å². The van der Waals surface area contributed by atoms with E-state index in [1.54, 1.807) is 0 Å². The van der Waals surface area contributed by atoms with Crippen LogP contribution in [0.15, 0.2) is 152 Å². The van der Waals surface area contributed by atoms with Crippen molar-refractivity contribution in [3.05, 3.63) is 152 Å². The van der Waals surface area contributed by atoms with Gasteiger partial charge in [-0.2, -0.15) is 0 Å². The lowest BCUT2D eigenvalue weighted by Crippen LogP contribution is -1.94. The van der Waals surface area contributed by atoms with E-state index in [1.165, 1.54) is 90.1 Å². The van der Waals surface area contributed by atoms with E-state index in [4.69, 9.17) is 0 Å². The van der Waals surface area contributed by atoms with Gasteiger partial charge >= 0.3 is 0 Å². The first-order valence-corrected chi connectivity index (χ1v) is 16.9. The van der Waals surface area contributed by atoms with Crippen LogP contribution in [0.5, 0.6) is 0 Å². The Morgan fingerprint density at radius 1 is 0.378 bits per heavy atom. The van der Waals surface area contributed by atoms with Crippen LogP contribution in [0.4, 0.5) is 0 Å². The summed E-state index contributed by atoms with van der Waals surface area (Å²) in [4.78, 5) is 0. The zero-order valence-electron chi connectivity index (χ0n) is 24.2. The number of benzene rings is 7. The van der Waals surface area contributed by atoms with Crippen LogP contribution >= 0.6 is 22.7 Å². The molecule has 0 aliphatic rings. The van der Waals surface area contributed by atoms with Crippen molar-refractivity contribution in [2.45, 2.75) is 0 Å². The minimum absolute atomic E-state index is 1.18. The summed E-state index contributed by atoms with van der Waals surface area (Å²) in [6.07, 6.45) is 0. The molecule has 0 spiro atoms. The first-order valence-electron chi connectivity index (χ1n) is 15.3. The van der Waals surface area contributed by atoms with E-state index in [1.807, 2.05) is 22.7 Å². The monoisotopic (exact) mass is 607 g/mol. The molecule has 0 aliphatic heterocycles. The third kappa shape index (κ3) is 3.72. The molecule has 210 valence electrons. The highest BCUT2D eigenvalue weighted by Crippen LogP contribution is 2.44. The number of nitrogens with zero attached hydrogens (tertiary/aromatic N) is 1. The summed E-state index contributed by atoms with van der Waals surface area (Å²) in [5.74, 6) is 0. The lowest BCUT2D eigenvalue weighted by atomic mass is 9.97. The molecule has 3 heteroatoms. The molecule has 7 aromatic carbocycles. The molecule has 3 heterocycles. The van der Waals surface area contributed by atoms with Gasteiger partial charge in [0, 0.05) is 52.1 Å². The van der Waals surface area contributed by atoms with Gasteiger partial charge in [0.15, 0.2) is 0 Å². The van der Waals surface area contributed by atoms with Crippen LogP contribution in [0.25, 0.3) is 90.1 Å². The van der Waals surface area contributed by atoms with Crippen LogP contribution in [-0.2, 0) is 0 Å². The van der Waals surface area contributed by atoms with Gasteiger partial charge in [-0.1, -0.05) is 115 Å². The van der Waals surface area contributed by atoms with Crippen molar-refractivity contribution in [1.82, 2.24) is 4.57 Å². The minimum atomic E-state index is 1.18. The highest BCUT2D eigenvalue weighted by Gasteiger charge is 2.18. The van der Waals surface area contributed by atoms with Gasteiger partial charge in [-0.3, -0.25) is 0 Å². The van der Waals surface area contributed by atoms with Crippen LogP contribution < -0.4 is 0 Å². The van der Waals surface area contributed by atoms with Crippen LogP contribution in [0, 0.1) is 0 Å². The summed E-state index contributed by atoms with van der Waals surface area (Å²) in [5.41, 5.74) is 8.69. The number of hydrogen-bond donors (Lipinski definition) is 0. The fraction of sp³-hybridized carbons (Fsp3) is 0. The summed E-state index contributed by atoms with van der Waals surface area (Å²) in [5, 5.41) is 7.91. The Morgan fingerprint density at radius 2 is 0.956 bits per heavy atom. The summed E-state index contributed by atoms with van der Waals surface area (Å²) < 4.78 is 7.84. The van der Waals surface area contributed by atoms with Crippen molar-refractivity contribution >= 4 is 84.8 Å². The van der Waals surface area contributed by atoms with Crippen molar-refractivity contribution < 1.29 is 0 Å². The maximum Gasteiger partial charge on any atom is 0.0719 e. The van der Waals surface area contributed by atoms with Gasteiger partial charge in [-0.15, -0.1) is 22.7 Å². The molecule has 0 atom stereocenters. The number of aromatic nitrogens is 1. The van der Waals surface area contributed by atoms with Crippen LogP contribution in [-0.4, -0.2) is 4.57 Å². The van der Waals surface area contributed by atoms with E-state index in [9.17, 15) is 0 Å². The first-order chi connectivity index (χ1) is 22.3. The molecule has 10 rings (SSSR count). The molecule has 45 heavy (non-hydrogen) atoms. The van der Waals surface area contributed by atoms with Gasteiger partial charge in [0.2, 0.25) is 0 Å². The highest BCUT2D eigenvalue weighted by atomic mass is 32.1. The van der Waals surface area contributed by atoms with Crippen LogP contribution in [0.1, 0.15) is 0 Å². The number of fused-ring (bicyclic) bond motifs is 10. The van der Waals surface area contributed by atoms with Crippen molar-refractivity contribution in [2.75, 3.05) is 0 Å². The van der Waals surface area contributed by atoms with Gasteiger partial charge in [0.05, 0.1) is 15.7 Å². The second kappa shape index (κ2) is 9.64. The van der Waals surface area contributed by atoms with Crippen molar-refractivity contribution in [2.24, 2.45) is 0 Å². The predicted molar refractivity (Wildman–Crippen MR) is 197 cm³/mol. The van der Waals surface area contributed by atoms with Crippen LogP contribution in [0.2, 0.25) is 0 Å². The summed E-state index contributed by atoms with van der Waals surface area (Å²) >= 11 is 3.79. The molecule has 10 aromatic rings. The smallest absolute Gasteiger partial charge is 0.0719 e. The summed E-state index contributed by atoms with van der Waals surface area (Å²) in [6, 6.07) is 55.8. The molecule has 3 aromatic heterocycles. The average molecular weight is 608 g/mol. The topological polar surface area (TPSA) is 4.93 Å². The maximum atomic E-state index is 2.48. The average Bonchev–Trinajstić information content (AvgIpc) is 3.78. The molecule has 0 saturated carbocycles. The zero-order chi connectivity index (χ0) is 29.5. The molecule has 0 aliphatic carbocycles. The van der Waals surface area contributed by atoms with E-state index < -0.39 is 0 Å². The van der Waals surface area contributed by atoms with E-state index >= 15 is 0 Å². The minimum Gasteiger partial charge on any atom is -0.308 e. The third-order valence-corrected chi connectivity index (χ3v) is 11.6. The maximum absolute atomic E-state index is 2.48. The SMILES string of the molecule is c1cc(-c2cccc(-n3c4ccccc4c4ccc5c6ccccc6sc5c43)c2)cc(-c2cccc3c2sc2ccccc23)c1. The van der Waals surface area contributed by atoms with E-state index in [0.717, 1.165) is 0 Å². The van der Waals surface area contributed by atoms with Gasteiger partial charge in [0.1, 0.15) is 0 Å². The standard InChI is InChI=1S/C42H25NS2/c1-4-19-37-31(14-1)34-22-23-36-33-16-3-6-21-39(33)45-42(36)40(34)43(37)29-13-8-11-27(25-29)26-10-7-12-28(24-26)30-17-9-18-35-32-15-2-5-20-38(32)44-41(30)35/h1-25H. The molecular weight excluding hydrogens is 583 g/mol. The molecule has 0 amide bonds. The molecule has 0 bridgehead atoms. The number of hydrogen-bond acceptors (Lipinski definition) is 2. The fourth-order valence-corrected chi connectivity index (χ4v) is 9.64. The lowest BCUT2D eigenvalue weighted by molar-refractivity contribution is 1.19. The van der Waals surface area contributed by atoms with Crippen molar-refractivity contribution in [3.8, 4) is 27.9 Å². The lowest BCUT2D eigenvalue weighted by Gasteiger charge is -2.12. The largest absolute Gasteiger partial charge is 0.308 e. The Labute approximate surface area is 267 Å². The number of para-hydroxylation sites is 1. The zero-order valence-corrected chi connectivity index (χ0v) is 25.8. The molecule has 0 radical (unpaired) electrons. The molecule has 0 N–H and O–H groups in total. The Morgan fingerprint density at radius 3 is 1.78 bits per heavy atom. The van der Waals surface area contributed by atoms with E-state index in [-0.39, 0.29) is 0 Å². The normalized spacial score (nSPS) is 12.0. The Hall–Kier alpha value is -5.22. The summed E-state index contributed by atoms with van der Waals surface area (Å²) in [6.45, 7) is 0. The number of rotatable bonds is 3. The fourth-order valence-electron chi connectivity index (χ4n) is 7.16. The Balaban J connectivity index is 1.18. The molecule has 0 unspecified atom stereocenters. The Bertz CT molecular complexity index is 2770. The quantitative estimate of drug-likeness (QED) is 0.188. The molecule has 0 fully saturated rings. The number of thiophene rings is 2. The van der Waals surface area contributed by atoms with Crippen molar-refractivity contribution in [3.63, 3.8) is 0 Å². The van der Waals surface area contributed by atoms with Gasteiger partial charge < -0.3 is 4.57 Å². The summed E-state index contributed by atoms with van der Waals surface area (Å²) in [7, 11) is 0. The van der Waals surface area contributed by atoms with E-state index in [2.05, 4.69) is 156 Å². The molecular formula is C42H25NS2. The second-order valence-electron chi connectivity index (χ2n) is 11.7. The Kier molecular flexibility index (Phi) is 5.39. The van der Waals surface area contributed by atoms with Crippen molar-refractivity contribution in [1.29, 1.82) is 0 Å². The predicted octanol–water partition coefficient (Wildman–Crippen LogP) is 12.9. The van der Waals surface area contributed by atoms with Crippen LogP contribution in [0.3, 0.4) is 0 Å². The second-order valence-corrected chi connectivity index (χ2v) is 13.8. The van der Waals surface area contributed by atoms with E-state index in [0.29, 0.717) is 0 Å².